The molecule has 2 heteroatoms. The zero-order valence-electron chi connectivity index (χ0n) is 7.99. The minimum atomic E-state index is -0.367. The van der Waals surface area contributed by atoms with Gasteiger partial charge in [-0.2, -0.15) is 0 Å². The summed E-state index contributed by atoms with van der Waals surface area (Å²) in [6.07, 6.45) is 1.76. The highest BCUT2D eigenvalue weighted by atomic mass is 16.3. The molecule has 2 N–H and O–H groups in total. The third-order valence-corrected chi connectivity index (χ3v) is 2.75. The molecule has 0 radical (unpaired) electrons. The van der Waals surface area contributed by atoms with Crippen molar-refractivity contribution in [1.29, 1.82) is 0 Å². The lowest BCUT2D eigenvalue weighted by Gasteiger charge is -2.31. The number of hydrogen-bond acceptors (Lipinski definition) is 2. The summed E-state index contributed by atoms with van der Waals surface area (Å²) in [5, 5.41) is 19.2. The lowest BCUT2D eigenvalue weighted by molar-refractivity contribution is 0.0607. The number of rotatable bonds is 1. The van der Waals surface area contributed by atoms with Gasteiger partial charge in [0.2, 0.25) is 0 Å². The van der Waals surface area contributed by atoms with Crippen LogP contribution in [0, 0.1) is 11.8 Å². The molecular formula is C10H18O2. The first-order chi connectivity index (χ1) is 5.52. The molecule has 0 heterocycles. The van der Waals surface area contributed by atoms with Crippen molar-refractivity contribution in [3.63, 3.8) is 0 Å². The maximum Gasteiger partial charge on any atom is 0.0756 e. The Bertz CT molecular complexity index is 184. The third kappa shape index (κ3) is 1.87. The Morgan fingerprint density at radius 3 is 2.50 bits per heavy atom. The van der Waals surface area contributed by atoms with Crippen LogP contribution >= 0.6 is 0 Å². The topological polar surface area (TPSA) is 40.5 Å². The standard InChI is InChI=1S/C10H18O2/c1-6(2)8-5-9(11)7(3)4-10(8)12/h4,6,8-12H,5H2,1-3H3/t8-,9-,10+/m0/s1. The van der Waals surface area contributed by atoms with Gasteiger partial charge in [0.05, 0.1) is 12.2 Å². The van der Waals surface area contributed by atoms with Gasteiger partial charge < -0.3 is 10.2 Å². The van der Waals surface area contributed by atoms with Crippen LogP contribution < -0.4 is 0 Å². The smallest absolute Gasteiger partial charge is 0.0756 e. The first-order valence-electron chi connectivity index (χ1n) is 4.56. The Hall–Kier alpha value is -0.340. The quantitative estimate of drug-likeness (QED) is 0.583. The molecule has 1 aliphatic carbocycles. The molecule has 12 heavy (non-hydrogen) atoms. The van der Waals surface area contributed by atoms with Gasteiger partial charge in [-0.05, 0) is 30.8 Å². The fourth-order valence-electron chi connectivity index (χ4n) is 1.75. The molecule has 2 nitrogen and oxygen atoms in total. The second-order valence-electron chi connectivity index (χ2n) is 4.06. The highest BCUT2D eigenvalue weighted by molar-refractivity contribution is 5.13. The predicted octanol–water partition coefficient (Wildman–Crippen LogP) is 1.33. The van der Waals surface area contributed by atoms with Crippen LogP contribution in [0.5, 0.6) is 0 Å². The SMILES string of the molecule is CC1=C[C@@H](O)[C@H](C(C)C)C[C@@H]1O. The van der Waals surface area contributed by atoms with Crippen LogP contribution in [-0.2, 0) is 0 Å². The molecule has 0 aromatic carbocycles. The van der Waals surface area contributed by atoms with E-state index in [1.54, 1.807) is 6.08 Å². The van der Waals surface area contributed by atoms with Crippen molar-refractivity contribution in [2.75, 3.05) is 0 Å². The second-order valence-corrected chi connectivity index (χ2v) is 4.06. The summed E-state index contributed by atoms with van der Waals surface area (Å²) in [5.74, 6) is 0.641. The molecule has 0 aromatic heterocycles. The monoisotopic (exact) mass is 170 g/mol. The van der Waals surface area contributed by atoms with Gasteiger partial charge in [-0.1, -0.05) is 19.9 Å². The Labute approximate surface area is 73.9 Å². The first-order valence-corrected chi connectivity index (χ1v) is 4.56. The highest BCUT2D eigenvalue weighted by Gasteiger charge is 2.28. The van der Waals surface area contributed by atoms with E-state index < -0.39 is 0 Å². The van der Waals surface area contributed by atoms with Crippen LogP contribution in [0.3, 0.4) is 0 Å². The van der Waals surface area contributed by atoms with E-state index in [0.717, 1.165) is 5.57 Å². The van der Waals surface area contributed by atoms with Gasteiger partial charge in [0.15, 0.2) is 0 Å². The van der Waals surface area contributed by atoms with E-state index in [1.165, 1.54) is 0 Å². The zero-order chi connectivity index (χ0) is 9.30. The van der Waals surface area contributed by atoms with Gasteiger partial charge in [-0.25, -0.2) is 0 Å². The number of hydrogen-bond donors (Lipinski definition) is 2. The van der Waals surface area contributed by atoms with Crippen LogP contribution in [0.1, 0.15) is 27.2 Å². The van der Waals surface area contributed by atoms with E-state index >= 15 is 0 Å². The molecule has 0 aliphatic heterocycles. The van der Waals surface area contributed by atoms with Gasteiger partial charge in [-0.3, -0.25) is 0 Å². The highest BCUT2D eigenvalue weighted by Crippen LogP contribution is 2.29. The molecule has 0 fully saturated rings. The first kappa shape index (κ1) is 9.75. The second kappa shape index (κ2) is 3.58. The van der Waals surface area contributed by atoms with Gasteiger partial charge in [0.1, 0.15) is 0 Å². The van der Waals surface area contributed by atoms with Crippen molar-refractivity contribution in [3.05, 3.63) is 11.6 Å². The normalized spacial score (nSPS) is 36.8. The summed E-state index contributed by atoms with van der Waals surface area (Å²) in [4.78, 5) is 0. The van der Waals surface area contributed by atoms with E-state index in [9.17, 15) is 10.2 Å². The van der Waals surface area contributed by atoms with Crippen molar-refractivity contribution < 1.29 is 10.2 Å². The van der Waals surface area contributed by atoms with E-state index in [1.807, 2.05) is 6.92 Å². The Morgan fingerprint density at radius 1 is 1.42 bits per heavy atom. The minimum Gasteiger partial charge on any atom is -0.389 e. The molecule has 0 saturated heterocycles. The fourth-order valence-corrected chi connectivity index (χ4v) is 1.75. The lowest BCUT2D eigenvalue weighted by atomic mass is 9.79. The Balaban J connectivity index is 2.72. The van der Waals surface area contributed by atoms with Crippen LogP contribution in [0.2, 0.25) is 0 Å². The van der Waals surface area contributed by atoms with E-state index in [2.05, 4.69) is 13.8 Å². The number of aliphatic hydroxyl groups is 2. The molecule has 0 spiro atoms. The minimum absolute atomic E-state index is 0.212. The van der Waals surface area contributed by atoms with Crippen LogP contribution in [0.15, 0.2) is 11.6 Å². The fraction of sp³-hybridized carbons (Fsp3) is 0.800. The zero-order valence-corrected chi connectivity index (χ0v) is 7.99. The molecule has 70 valence electrons. The van der Waals surface area contributed by atoms with E-state index in [0.29, 0.717) is 12.3 Å². The molecule has 0 unspecified atom stereocenters. The summed E-state index contributed by atoms with van der Waals surface area (Å²) in [5.41, 5.74) is 0.902. The van der Waals surface area contributed by atoms with E-state index in [4.69, 9.17) is 0 Å². The Morgan fingerprint density at radius 2 is 2.00 bits per heavy atom. The molecule has 0 amide bonds. The predicted molar refractivity (Wildman–Crippen MR) is 48.7 cm³/mol. The molecule has 1 rings (SSSR count). The summed E-state index contributed by atoms with van der Waals surface area (Å²) in [7, 11) is 0. The lowest BCUT2D eigenvalue weighted by Crippen LogP contribution is -2.33. The van der Waals surface area contributed by atoms with Gasteiger partial charge in [0.25, 0.3) is 0 Å². The molecule has 0 aromatic rings. The molecular weight excluding hydrogens is 152 g/mol. The maximum atomic E-state index is 9.64. The Kier molecular flexibility index (Phi) is 2.91. The van der Waals surface area contributed by atoms with Crippen molar-refractivity contribution in [2.45, 2.75) is 39.4 Å². The average Bonchev–Trinajstić information content (AvgIpc) is 1.96. The summed E-state index contributed by atoms with van der Waals surface area (Å²) in [6, 6.07) is 0. The molecule has 0 saturated carbocycles. The van der Waals surface area contributed by atoms with Crippen molar-refractivity contribution >= 4 is 0 Å². The summed E-state index contributed by atoms with van der Waals surface area (Å²) < 4.78 is 0. The number of aliphatic hydroxyl groups excluding tert-OH is 2. The largest absolute Gasteiger partial charge is 0.389 e. The average molecular weight is 170 g/mol. The van der Waals surface area contributed by atoms with Crippen molar-refractivity contribution in [2.24, 2.45) is 11.8 Å². The molecule has 3 atom stereocenters. The summed E-state index contributed by atoms with van der Waals surface area (Å²) in [6.45, 7) is 6.02. The van der Waals surface area contributed by atoms with Crippen molar-refractivity contribution in [3.8, 4) is 0 Å². The maximum absolute atomic E-state index is 9.64. The van der Waals surface area contributed by atoms with Crippen LogP contribution in [-0.4, -0.2) is 22.4 Å². The molecule has 0 bridgehead atoms. The van der Waals surface area contributed by atoms with Gasteiger partial charge in [-0.15, -0.1) is 0 Å². The van der Waals surface area contributed by atoms with E-state index in [-0.39, 0.29) is 18.1 Å². The summed E-state index contributed by atoms with van der Waals surface area (Å²) >= 11 is 0. The van der Waals surface area contributed by atoms with Gasteiger partial charge >= 0.3 is 0 Å². The van der Waals surface area contributed by atoms with Crippen molar-refractivity contribution in [1.82, 2.24) is 0 Å². The van der Waals surface area contributed by atoms with Crippen LogP contribution in [0.4, 0.5) is 0 Å². The molecule has 1 aliphatic rings. The van der Waals surface area contributed by atoms with Crippen LogP contribution in [0.25, 0.3) is 0 Å². The third-order valence-electron chi connectivity index (χ3n) is 2.75. The van der Waals surface area contributed by atoms with Gasteiger partial charge in [0, 0.05) is 0 Å².